The van der Waals surface area contributed by atoms with Gasteiger partial charge in [0.15, 0.2) is 23.9 Å². The van der Waals surface area contributed by atoms with Crippen LogP contribution in [0.4, 0.5) is 0 Å². The third-order valence-electron chi connectivity index (χ3n) is 2.31. The molecule has 18 heavy (non-hydrogen) atoms. The number of nitrogens with one attached hydrogen (secondary N) is 1. The zero-order valence-electron chi connectivity index (χ0n) is 10.3. The molecule has 0 spiro atoms. The van der Waals surface area contributed by atoms with E-state index in [4.69, 9.17) is 21.1 Å². The zero-order valence-corrected chi connectivity index (χ0v) is 11.1. The van der Waals surface area contributed by atoms with Crippen LogP contribution in [0.2, 0.25) is 5.02 Å². The first-order valence-corrected chi connectivity index (χ1v) is 5.62. The van der Waals surface area contributed by atoms with Gasteiger partial charge >= 0.3 is 0 Å². The Morgan fingerprint density at radius 1 is 1.50 bits per heavy atom. The van der Waals surface area contributed by atoms with Crippen LogP contribution in [-0.2, 0) is 4.79 Å². The van der Waals surface area contributed by atoms with Crippen LogP contribution in [0.15, 0.2) is 12.1 Å². The highest BCUT2D eigenvalue weighted by molar-refractivity contribution is 6.31. The molecule has 98 valence electrons. The molecule has 0 aliphatic heterocycles. The topological polar surface area (TPSA) is 64.6 Å². The van der Waals surface area contributed by atoms with E-state index in [2.05, 4.69) is 5.32 Å². The Kier molecular flexibility index (Phi) is 4.97. The second-order valence-corrected chi connectivity index (χ2v) is 3.96. The lowest BCUT2D eigenvalue weighted by atomic mass is 10.2. The van der Waals surface area contributed by atoms with Crippen LogP contribution in [0.25, 0.3) is 0 Å². The number of methoxy groups -OCH3 is 1. The molecular formula is C12H14ClNO4. The third kappa shape index (κ3) is 3.13. The first kappa shape index (κ1) is 14.3. The van der Waals surface area contributed by atoms with E-state index in [9.17, 15) is 9.59 Å². The molecule has 0 aromatic heterocycles. The number of carbonyl (C=O) groups is 2. The van der Waals surface area contributed by atoms with Gasteiger partial charge in [-0.05, 0) is 13.0 Å². The summed E-state index contributed by atoms with van der Waals surface area (Å²) < 4.78 is 10.5. The molecular weight excluding hydrogens is 258 g/mol. The van der Waals surface area contributed by atoms with Crippen LogP contribution in [0.3, 0.4) is 0 Å². The lowest BCUT2D eigenvalue weighted by molar-refractivity contribution is -0.126. The van der Waals surface area contributed by atoms with Crippen molar-refractivity contribution in [2.75, 3.05) is 14.2 Å². The number of carbonyl (C=O) groups excluding carboxylic acids is 2. The van der Waals surface area contributed by atoms with Gasteiger partial charge in [0.25, 0.3) is 5.91 Å². The molecule has 1 aromatic rings. The molecule has 5 nitrogen and oxygen atoms in total. The molecule has 1 unspecified atom stereocenters. The molecule has 1 atom stereocenters. The van der Waals surface area contributed by atoms with Gasteiger partial charge in [0, 0.05) is 18.1 Å². The molecule has 0 saturated heterocycles. The fourth-order valence-corrected chi connectivity index (χ4v) is 1.60. The van der Waals surface area contributed by atoms with E-state index in [1.54, 1.807) is 6.92 Å². The predicted molar refractivity (Wildman–Crippen MR) is 67.5 cm³/mol. The van der Waals surface area contributed by atoms with Crippen LogP contribution >= 0.6 is 11.6 Å². The van der Waals surface area contributed by atoms with Gasteiger partial charge in [-0.25, -0.2) is 0 Å². The van der Waals surface area contributed by atoms with Crippen molar-refractivity contribution in [1.82, 2.24) is 5.32 Å². The summed E-state index contributed by atoms with van der Waals surface area (Å²) in [5.74, 6) is 0.206. The second-order valence-electron chi connectivity index (χ2n) is 3.52. The Bertz CT molecular complexity index is 462. The fraction of sp³-hybridized carbons (Fsp3) is 0.333. The van der Waals surface area contributed by atoms with Gasteiger partial charge < -0.3 is 14.8 Å². The van der Waals surface area contributed by atoms with Crippen molar-refractivity contribution in [1.29, 1.82) is 0 Å². The normalized spacial score (nSPS) is 11.6. The van der Waals surface area contributed by atoms with Crippen molar-refractivity contribution in [2.45, 2.75) is 13.0 Å². The largest absolute Gasteiger partial charge is 0.493 e. The van der Waals surface area contributed by atoms with E-state index < -0.39 is 6.10 Å². The number of halogens is 1. The average Bonchev–Trinajstić information content (AvgIpc) is 2.38. The summed E-state index contributed by atoms with van der Waals surface area (Å²) in [4.78, 5) is 22.4. The maximum Gasteiger partial charge on any atom is 0.260 e. The SMILES string of the molecule is CNC(=O)C(C)Oc1c(C=O)cc(Cl)cc1OC. The van der Waals surface area contributed by atoms with Crippen molar-refractivity contribution >= 4 is 23.8 Å². The summed E-state index contributed by atoms with van der Waals surface area (Å²) in [6, 6.07) is 2.96. The standard InChI is InChI=1S/C12H14ClNO4/c1-7(12(16)14-2)18-11-8(6-15)4-9(13)5-10(11)17-3/h4-7H,1-3H3,(H,14,16). The number of benzene rings is 1. The molecule has 0 heterocycles. The maximum absolute atomic E-state index is 11.4. The summed E-state index contributed by atoms with van der Waals surface area (Å²) in [6.07, 6.45) is -0.149. The monoisotopic (exact) mass is 271 g/mol. The first-order chi connectivity index (χ1) is 8.53. The quantitative estimate of drug-likeness (QED) is 0.828. The van der Waals surface area contributed by atoms with E-state index >= 15 is 0 Å². The number of aldehydes is 1. The Hall–Kier alpha value is -1.75. The second kappa shape index (κ2) is 6.26. The van der Waals surface area contributed by atoms with E-state index in [0.29, 0.717) is 17.1 Å². The highest BCUT2D eigenvalue weighted by Gasteiger charge is 2.19. The molecule has 1 aromatic carbocycles. The van der Waals surface area contributed by atoms with Crippen LogP contribution in [0, 0.1) is 0 Å². The zero-order chi connectivity index (χ0) is 13.7. The molecule has 1 amide bonds. The van der Waals surface area contributed by atoms with E-state index in [-0.39, 0.29) is 17.2 Å². The molecule has 1 rings (SSSR count). The summed E-state index contributed by atoms with van der Waals surface area (Å²) in [5.41, 5.74) is 0.232. The van der Waals surface area contributed by atoms with E-state index in [1.165, 1.54) is 26.3 Å². The summed E-state index contributed by atoms with van der Waals surface area (Å²) in [7, 11) is 2.93. The minimum absolute atomic E-state index is 0.202. The fourth-order valence-electron chi connectivity index (χ4n) is 1.39. The van der Waals surface area contributed by atoms with Crippen molar-refractivity contribution in [2.24, 2.45) is 0 Å². The lowest BCUT2D eigenvalue weighted by Crippen LogP contribution is -2.34. The van der Waals surface area contributed by atoms with Crippen LogP contribution in [0.5, 0.6) is 11.5 Å². The van der Waals surface area contributed by atoms with Crippen LogP contribution in [-0.4, -0.2) is 32.5 Å². The van der Waals surface area contributed by atoms with Gasteiger partial charge in [-0.1, -0.05) is 11.6 Å². The maximum atomic E-state index is 11.4. The number of hydrogen-bond acceptors (Lipinski definition) is 4. The Morgan fingerprint density at radius 3 is 2.67 bits per heavy atom. The highest BCUT2D eigenvalue weighted by Crippen LogP contribution is 2.34. The van der Waals surface area contributed by atoms with Gasteiger partial charge in [-0.2, -0.15) is 0 Å². The van der Waals surface area contributed by atoms with E-state index in [0.717, 1.165) is 0 Å². The molecule has 0 radical (unpaired) electrons. The lowest BCUT2D eigenvalue weighted by Gasteiger charge is -2.17. The number of amides is 1. The van der Waals surface area contributed by atoms with Gasteiger partial charge in [-0.15, -0.1) is 0 Å². The van der Waals surface area contributed by atoms with Crippen molar-refractivity contribution in [3.63, 3.8) is 0 Å². The minimum atomic E-state index is -0.747. The molecule has 0 aliphatic carbocycles. The molecule has 6 heteroatoms. The van der Waals surface area contributed by atoms with E-state index in [1.807, 2.05) is 0 Å². The Morgan fingerprint density at radius 2 is 2.17 bits per heavy atom. The third-order valence-corrected chi connectivity index (χ3v) is 2.52. The predicted octanol–water partition coefficient (Wildman–Crippen LogP) is 1.67. The average molecular weight is 272 g/mol. The molecule has 0 bridgehead atoms. The number of ether oxygens (including phenoxy) is 2. The Labute approximate surface area is 110 Å². The summed E-state index contributed by atoms with van der Waals surface area (Å²) in [5, 5.41) is 2.81. The van der Waals surface area contributed by atoms with Crippen molar-refractivity contribution < 1.29 is 19.1 Å². The number of hydrogen-bond donors (Lipinski definition) is 1. The van der Waals surface area contributed by atoms with Crippen molar-refractivity contribution in [3.8, 4) is 11.5 Å². The molecule has 0 aliphatic rings. The smallest absolute Gasteiger partial charge is 0.260 e. The first-order valence-electron chi connectivity index (χ1n) is 5.24. The number of likely N-dealkylation sites (N-methyl/N-ethyl adjacent to an activating group) is 1. The van der Waals surface area contributed by atoms with Gasteiger partial charge in [0.05, 0.1) is 12.7 Å². The van der Waals surface area contributed by atoms with Crippen LogP contribution < -0.4 is 14.8 Å². The summed E-state index contributed by atoms with van der Waals surface area (Å²) >= 11 is 5.83. The highest BCUT2D eigenvalue weighted by atomic mass is 35.5. The molecule has 0 saturated carbocycles. The summed E-state index contributed by atoms with van der Waals surface area (Å²) in [6.45, 7) is 1.57. The van der Waals surface area contributed by atoms with Gasteiger partial charge in [0.2, 0.25) is 0 Å². The van der Waals surface area contributed by atoms with Crippen molar-refractivity contribution in [3.05, 3.63) is 22.7 Å². The Balaban J connectivity index is 3.13. The minimum Gasteiger partial charge on any atom is -0.493 e. The van der Waals surface area contributed by atoms with Gasteiger partial charge in [-0.3, -0.25) is 9.59 Å². The van der Waals surface area contributed by atoms with Crippen LogP contribution in [0.1, 0.15) is 17.3 Å². The van der Waals surface area contributed by atoms with Gasteiger partial charge in [0.1, 0.15) is 0 Å². The number of rotatable bonds is 5. The molecule has 0 fully saturated rings. The molecule has 1 N–H and O–H groups in total.